The molecule has 0 bridgehead atoms. The number of carboxylic acid groups (broad SMARTS) is 1. The molecule has 0 unspecified atom stereocenters. The van der Waals surface area contributed by atoms with Crippen LogP contribution in [0.25, 0.3) is 0 Å². The van der Waals surface area contributed by atoms with Crippen molar-refractivity contribution in [3.05, 3.63) is 35.8 Å². The van der Waals surface area contributed by atoms with Crippen LogP contribution in [0.1, 0.15) is 43.7 Å². The van der Waals surface area contributed by atoms with Crippen LogP contribution in [-0.4, -0.2) is 22.6 Å². The molecule has 0 aliphatic heterocycles. The van der Waals surface area contributed by atoms with E-state index in [1.165, 1.54) is 20.8 Å². The van der Waals surface area contributed by atoms with Crippen LogP contribution in [-0.2, 0) is 20.7 Å². The summed E-state index contributed by atoms with van der Waals surface area (Å²) in [6.45, 7) is 4.50. The van der Waals surface area contributed by atoms with E-state index in [9.17, 15) is 14.7 Å². The molecule has 0 fully saturated rings. The van der Waals surface area contributed by atoms with Crippen molar-refractivity contribution in [2.24, 2.45) is 5.89 Å². The van der Waals surface area contributed by atoms with Gasteiger partial charge in [0.2, 0.25) is 0 Å². The second-order valence-electron chi connectivity index (χ2n) is 4.67. The molecular formula is C15H20O4. The molecule has 0 aliphatic rings. The molecule has 1 aromatic rings. The minimum Gasteiger partial charge on any atom is -0.481 e. The highest BCUT2D eigenvalue weighted by Crippen LogP contribution is 2.16. The Labute approximate surface area is 124 Å². The molecule has 1 rings (SSSR count). The van der Waals surface area contributed by atoms with Gasteiger partial charge in [-0.15, -0.1) is 0 Å². The zero-order chi connectivity index (χ0) is 21.5. The normalized spacial score (nSPS) is 21.2. The van der Waals surface area contributed by atoms with Crippen molar-refractivity contribution in [3.8, 4) is 0 Å². The zero-order valence-electron chi connectivity index (χ0n) is 18.9. The molecule has 0 aromatic heterocycles. The van der Waals surface area contributed by atoms with E-state index in [0.717, 1.165) is 0 Å². The summed E-state index contributed by atoms with van der Waals surface area (Å²) < 4.78 is 67.8. The Kier molecular flexibility index (Phi) is 2.37. The largest absolute Gasteiger partial charge is 0.481 e. The summed E-state index contributed by atoms with van der Waals surface area (Å²) in [5.74, 6) is -6.40. The smallest absolute Gasteiger partial charge is 0.307 e. The first kappa shape index (κ1) is 7.08. The standard InChI is InChI=1S/C15H20O4/c1-15(2,3)19-13(16)10-12(14(17)18)9-11-7-5-4-6-8-11/h4-8,12H,9-10H2,1-3H3,(H,17,18)/t12-/m1/s1/i4D,5D,6D,7D,8D,9D2,12D. The Hall–Kier alpha value is -1.84. The minimum atomic E-state index is -3.30. The second kappa shape index (κ2) is 6.36. The third-order valence-corrected chi connectivity index (χ3v) is 1.78. The number of hydrogen-bond donors (Lipinski definition) is 1. The number of aliphatic carboxylic acids is 1. The molecular weight excluding hydrogens is 244 g/mol. The minimum absolute atomic E-state index is 0.789. The molecule has 0 saturated heterocycles. The lowest BCUT2D eigenvalue weighted by Gasteiger charge is -2.21. The van der Waals surface area contributed by atoms with Crippen molar-refractivity contribution in [1.82, 2.24) is 0 Å². The van der Waals surface area contributed by atoms with E-state index in [1.54, 1.807) is 0 Å². The van der Waals surface area contributed by atoms with Crippen molar-refractivity contribution >= 4 is 11.9 Å². The summed E-state index contributed by atoms with van der Waals surface area (Å²) >= 11 is 0. The van der Waals surface area contributed by atoms with Crippen LogP contribution in [0.5, 0.6) is 0 Å². The monoisotopic (exact) mass is 272 g/mol. The van der Waals surface area contributed by atoms with Crippen molar-refractivity contribution in [3.63, 3.8) is 0 Å². The second-order valence-corrected chi connectivity index (χ2v) is 4.67. The molecule has 4 heteroatoms. The maximum absolute atomic E-state index is 12.0. The van der Waals surface area contributed by atoms with Crippen LogP contribution in [0.2, 0.25) is 0 Å². The number of ether oxygens (including phenoxy) is 1. The highest BCUT2D eigenvalue weighted by molar-refractivity contribution is 5.79. The maximum atomic E-state index is 12.0. The van der Waals surface area contributed by atoms with E-state index in [1.807, 2.05) is 0 Å². The first-order chi connectivity index (χ1) is 12.0. The van der Waals surface area contributed by atoms with E-state index in [-0.39, 0.29) is 0 Å². The average Bonchev–Trinajstić information content (AvgIpc) is 2.48. The molecule has 1 N–H and O–H groups in total. The number of carbonyl (C=O) groups is 2. The summed E-state index contributed by atoms with van der Waals surface area (Å²) in [7, 11) is 0. The predicted molar refractivity (Wildman–Crippen MR) is 71.7 cm³/mol. The average molecular weight is 272 g/mol. The lowest BCUT2D eigenvalue weighted by molar-refractivity contribution is -0.159. The molecule has 19 heavy (non-hydrogen) atoms. The topological polar surface area (TPSA) is 63.6 Å². The Balaban J connectivity index is 3.62. The summed E-state index contributed by atoms with van der Waals surface area (Å²) in [6.07, 6.45) is -4.53. The van der Waals surface area contributed by atoms with Crippen molar-refractivity contribution in [2.45, 2.75) is 39.2 Å². The molecule has 0 spiro atoms. The number of carboxylic acids is 1. The van der Waals surface area contributed by atoms with Gasteiger partial charge in [0.05, 0.1) is 19.2 Å². The fourth-order valence-electron chi connectivity index (χ4n) is 1.16. The van der Waals surface area contributed by atoms with Gasteiger partial charge in [0.1, 0.15) is 5.60 Å². The first-order valence-electron chi connectivity index (χ1n) is 9.50. The van der Waals surface area contributed by atoms with E-state index in [2.05, 4.69) is 0 Å². The van der Waals surface area contributed by atoms with Gasteiger partial charge in [0.15, 0.2) is 0 Å². The van der Waals surface area contributed by atoms with Gasteiger partial charge in [-0.2, -0.15) is 0 Å². The fourth-order valence-corrected chi connectivity index (χ4v) is 1.16. The SMILES string of the molecule is [2H]c1c([2H])c([2H])c(C([2H])([2H])[C@]([2H])(CC(=O)OC(C)(C)C)C(=O)O)c([2H])c1[2H]. The summed E-state index contributed by atoms with van der Waals surface area (Å²) in [4.78, 5) is 23.8. The molecule has 1 atom stereocenters. The number of esters is 1. The van der Waals surface area contributed by atoms with Gasteiger partial charge in [-0.05, 0) is 32.7 Å². The van der Waals surface area contributed by atoms with E-state index < -0.39 is 72.0 Å². The van der Waals surface area contributed by atoms with Crippen LogP contribution in [0.4, 0.5) is 0 Å². The van der Waals surface area contributed by atoms with Gasteiger partial charge in [0.25, 0.3) is 0 Å². The molecule has 0 heterocycles. The van der Waals surface area contributed by atoms with Crippen molar-refractivity contribution < 1.29 is 30.4 Å². The van der Waals surface area contributed by atoms with Crippen LogP contribution < -0.4 is 0 Å². The number of hydrogen-bond acceptors (Lipinski definition) is 3. The zero-order valence-corrected chi connectivity index (χ0v) is 10.9. The van der Waals surface area contributed by atoms with Gasteiger partial charge in [-0.25, -0.2) is 0 Å². The van der Waals surface area contributed by atoms with Crippen LogP contribution in [0, 0.1) is 5.89 Å². The number of rotatable bonds is 5. The lowest BCUT2D eigenvalue weighted by atomic mass is 9.96. The molecule has 4 nitrogen and oxygen atoms in total. The number of benzene rings is 1. The van der Waals surface area contributed by atoms with Gasteiger partial charge >= 0.3 is 11.9 Å². The third kappa shape index (κ3) is 6.04. The number of carbonyl (C=O) groups excluding carboxylic acids is 1. The lowest BCUT2D eigenvalue weighted by Crippen LogP contribution is -2.28. The van der Waals surface area contributed by atoms with Crippen LogP contribution in [0.3, 0.4) is 0 Å². The maximum Gasteiger partial charge on any atom is 0.307 e. The van der Waals surface area contributed by atoms with Gasteiger partial charge in [-0.3, -0.25) is 9.59 Å². The Morgan fingerprint density at radius 2 is 2.00 bits per heavy atom. The Morgan fingerprint density at radius 3 is 2.47 bits per heavy atom. The Bertz CT molecular complexity index is 758. The highest BCUT2D eigenvalue weighted by atomic mass is 16.6. The van der Waals surface area contributed by atoms with Crippen molar-refractivity contribution in [1.29, 1.82) is 0 Å². The van der Waals surface area contributed by atoms with E-state index in [0.29, 0.717) is 0 Å². The molecule has 0 amide bonds. The predicted octanol–water partition coefficient (Wildman–Crippen LogP) is 2.66. The third-order valence-electron chi connectivity index (χ3n) is 1.78. The fraction of sp³-hybridized carbons (Fsp3) is 0.467. The summed E-state index contributed by atoms with van der Waals surface area (Å²) in [5, 5.41) is 9.46. The Morgan fingerprint density at radius 1 is 1.42 bits per heavy atom. The molecule has 0 saturated carbocycles. The van der Waals surface area contributed by atoms with Crippen molar-refractivity contribution in [2.75, 3.05) is 0 Å². The molecule has 0 radical (unpaired) electrons. The van der Waals surface area contributed by atoms with Crippen LogP contribution >= 0.6 is 0 Å². The molecule has 0 aliphatic carbocycles. The van der Waals surface area contributed by atoms with Gasteiger partial charge < -0.3 is 9.84 Å². The quantitative estimate of drug-likeness (QED) is 0.837. The highest BCUT2D eigenvalue weighted by Gasteiger charge is 2.25. The molecule has 104 valence electrons. The van der Waals surface area contributed by atoms with E-state index in [4.69, 9.17) is 15.7 Å². The van der Waals surface area contributed by atoms with Crippen LogP contribution in [0.15, 0.2) is 30.2 Å². The molecule has 1 aromatic carbocycles. The summed E-state index contributed by atoms with van der Waals surface area (Å²) in [6, 6.07) is -4.50. The summed E-state index contributed by atoms with van der Waals surface area (Å²) in [5.41, 5.74) is -2.02. The van der Waals surface area contributed by atoms with Gasteiger partial charge in [-0.1, -0.05) is 30.2 Å². The first-order valence-corrected chi connectivity index (χ1v) is 5.50. The van der Waals surface area contributed by atoms with E-state index >= 15 is 0 Å². The van der Waals surface area contributed by atoms with Gasteiger partial charge in [0, 0.05) is 4.11 Å².